The van der Waals surface area contributed by atoms with Crippen LogP contribution >= 0.6 is 24.0 Å². The molecule has 6 nitrogen and oxygen atoms in total. The summed E-state index contributed by atoms with van der Waals surface area (Å²) in [6.07, 6.45) is 4.58. The van der Waals surface area contributed by atoms with Crippen LogP contribution in [0, 0.1) is 5.92 Å². The molecular weight excluding hydrogens is 443 g/mol. The first-order chi connectivity index (χ1) is 12.0. The first-order valence-corrected chi connectivity index (χ1v) is 10.0. The molecule has 26 heavy (non-hydrogen) atoms. The van der Waals surface area contributed by atoms with Crippen LogP contribution in [0.15, 0.2) is 4.99 Å². The van der Waals surface area contributed by atoms with Gasteiger partial charge >= 0.3 is 0 Å². The van der Waals surface area contributed by atoms with Gasteiger partial charge in [0.25, 0.3) is 0 Å². The first kappa shape index (κ1) is 25.9. The molecule has 0 radical (unpaired) electrons. The topological polar surface area (TPSA) is 69.1 Å². The zero-order valence-corrected chi connectivity index (χ0v) is 19.5. The molecule has 0 spiro atoms. The molecule has 7 heteroatoms. The van der Waals surface area contributed by atoms with Gasteiger partial charge in [0.1, 0.15) is 0 Å². The van der Waals surface area contributed by atoms with E-state index in [9.17, 15) is 5.11 Å². The van der Waals surface area contributed by atoms with Crippen molar-refractivity contribution >= 4 is 29.9 Å². The normalized spacial score (nSPS) is 19.9. The van der Waals surface area contributed by atoms with E-state index >= 15 is 0 Å². The van der Waals surface area contributed by atoms with Gasteiger partial charge in [-0.1, -0.05) is 20.3 Å². The van der Waals surface area contributed by atoms with Crippen molar-refractivity contribution in [1.29, 1.82) is 0 Å². The van der Waals surface area contributed by atoms with E-state index in [-0.39, 0.29) is 24.0 Å². The van der Waals surface area contributed by atoms with Crippen LogP contribution in [0.2, 0.25) is 0 Å². The fourth-order valence-electron chi connectivity index (χ4n) is 3.01. The first-order valence-electron chi connectivity index (χ1n) is 10.0. The molecule has 156 valence electrons. The lowest BCUT2D eigenvalue weighted by atomic mass is 10.0. The van der Waals surface area contributed by atoms with Crippen LogP contribution in [0.25, 0.3) is 0 Å². The maximum Gasteiger partial charge on any atom is 0.191 e. The van der Waals surface area contributed by atoms with Crippen molar-refractivity contribution < 1.29 is 9.84 Å². The molecule has 1 fully saturated rings. The lowest BCUT2D eigenvalue weighted by Crippen LogP contribution is -2.41. The predicted molar refractivity (Wildman–Crippen MR) is 121 cm³/mol. The van der Waals surface area contributed by atoms with Crippen molar-refractivity contribution in [3.63, 3.8) is 0 Å². The number of guanidine groups is 1. The van der Waals surface area contributed by atoms with Crippen molar-refractivity contribution in [1.82, 2.24) is 15.5 Å². The zero-order chi connectivity index (χ0) is 18.5. The summed E-state index contributed by atoms with van der Waals surface area (Å²) < 4.78 is 5.46. The molecule has 0 aromatic carbocycles. The Hall–Kier alpha value is -0.120. The third-order valence-electron chi connectivity index (χ3n) is 4.42. The van der Waals surface area contributed by atoms with Gasteiger partial charge in [-0.05, 0) is 45.6 Å². The third-order valence-corrected chi connectivity index (χ3v) is 4.42. The minimum absolute atomic E-state index is 0. The second-order valence-electron chi connectivity index (χ2n) is 7.47. The van der Waals surface area contributed by atoms with E-state index in [4.69, 9.17) is 4.74 Å². The van der Waals surface area contributed by atoms with Gasteiger partial charge in [-0.25, -0.2) is 0 Å². The molecule has 0 aromatic heterocycles. The van der Waals surface area contributed by atoms with Crippen molar-refractivity contribution in [3.8, 4) is 0 Å². The quantitative estimate of drug-likeness (QED) is 0.182. The fraction of sp³-hybridized carbons (Fsp3) is 0.947. The second kappa shape index (κ2) is 15.9. The van der Waals surface area contributed by atoms with E-state index in [1.807, 2.05) is 0 Å². The van der Waals surface area contributed by atoms with Gasteiger partial charge in [-0.2, -0.15) is 0 Å². The lowest BCUT2D eigenvalue weighted by Gasteiger charge is -2.33. The van der Waals surface area contributed by atoms with Gasteiger partial charge < -0.3 is 25.4 Å². The summed E-state index contributed by atoms with van der Waals surface area (Å²) in [6, 6.07) is 0.719. The number of nitrogens with zero attached hydrogens (tertiary/aromatic N) is 2. The summed E-state index contributed by atoms with van der Waals surface area (Å²) in [5.41, 5.74) is 0. The fourth-order valence-corrected chi connectivity index (χ4v) is 3.01. The van der Waals surface area contributed by atoms with E-state index in [2.05, 4.69) is 48.2 Å². The zero-order valence-electron chi connectivity index (χ0n) is 17.2. The molecule has 2 unspecified atom stereocenters. The number of aliphatic imine (C=N–C) groups is 1. The van der Waals surface area contributed by atoms with Gasteiger partial charge in [0.05, 0.1) is 19.3 Å². The number of hydrogen-bond donors (Lipinski definition) is 3. The summed E-state index contributed by atoms with van der Waals surface area (Å²) in [5, 5.41) is 16.6. The molecule has 0 aromatic rings. The van der Waals surface area contributed by atoms with Gasteiger partial charge in [0, 0.05) is 32.3 Å². The molecule has 1 heterocycles. The number of aliphatic hydroxyl groups excluding tert-OH is 1. The number of ether oxygens (including phenoxy) is 1. The van der Waals surface area contributed by atoms with E-state index < -0.39 is 6.10 Å². The number of rotatable bonds is 11. The average molecular weight is 484 g/mol. The van der Waals surface area contributed by atoms with Crippen LogP contribution in [0.3, 0.4) is 0 Å². The Morgan fingerprint density at radius 3 is 2.69 bits per heavy atom. The maximum absolute atomic E-state index is 9.96. The van der Waals surface area contributed by atoms with Gasteiger partial charge in [-0.3, -0.25) is 4.99 Å². The Kier molecular flexibility index (Phi) is 15.8. The van der Waals surface area contributed by atoms with Crippen LogP contribution in [-0.2, 0) is 4.74 Å². The minimum Gasteiger partial charge on any atom is -0.389 e. The van der Waals surface area contributed by atoms with Crippen LogP contribution in [0.5, 0.6) is 0 Å². The molecule has 2 atom stereocenters. The number of nitrogens with one attached hydrogen (secondary N) is 2. The summed E-state index contributed by atoms with van der Waals surface area (Å²) in [7, 11) is 0. The highest BCUT2D eigenvalue weighted by Gasteiger charge is 2.17. The van der Waals surface area contributed by atoms with E-state index in [0.29, 0.717) is 25.7 Å². The van der Waals surface area contributed by atoms with Crippen molar-refractivity contribution in [2.75, 3.05) is 45.9 Å². The molecule has 0 bridgehead atoms. The number of aliphatic hydroxyl groups is 1. The average Bonchev–Trinajstić information content (AvgIpc) is 2.57. The Morgan fingerprint density at radius 1 is 1.27 bits per heavy atom. The molecule has 1 saturated heterocycles. The number of hydrogen-bond acceptors (Lipinski definition) is 4. The number of halogens is 1. The Morgan fingerprint density at radius 2 is 2.04 bits per heavy atom. The molecule has 1 rings (SSSR count). The largest absolute Gasteiger partial charge is 0.389 e. The molecular formula is C19H41IN4O2. The molecule has 3 N–H and O–H groups in total. The van der Waals surface area contributed by atoms with Gasteiger partial charge in [0.15, 0.2) is 5.96 Å². The minimum atomic E-state index is -0.552. The SMILES string of the molecule is CCNC(=NCC(O)COCC(C)C)NCCCN1CCCCC1C.I. The van der Waals surface area contributed by atoms with Crippen molar-refractivity contribution in [3.05, 3.63) is 0 Å². The standard InChI is InChI=1S/C19H40N4O2.HI/c1-5-20-19(22-13-18(24)15-25-14-16(2)3)21-10-8-12-23-11-7-6-9-17(23)4;/h16-18,24H,5-15H2,1-4H3,(H2,20,21,22);1H. The Labute approximate surface area is 177 Å². The van der Waals surface area contributed by atoms with Gasteiger partial charge in [0.2, 0.25) is 0 Å². The Balaban J connectivity index is 0.00000625. The molecule has 0 amide bonds. The van der Waals surface area contributed by atoms with E-state index in [1.165, 1.54) is 25.8 Å². The Bertz CT molecular complexity index is 369. The summed E-state index contributed by atoms with van der Waals surface area (Å²) in [5.74, 6) is 1.26. The smallest absolute Gasteiger partial charge is 0.191 e. The predicted octanol–water partition coefficient (Wildman–Crippen LogP) is 2.46. The summed E-state index contributed by atoms with van der Waals surface area (Å²) in [6.45, 7) is 14.0. The number of likely N-dealkylation sites (tertiary alicyclic amines) is 1. The van der Waals surface area contributed by atoms with Crippen LogP contribution in [0.1, 0.15) is 53.4 Å². The monoisotopic (exact) mass is 484 g/mol. The van der Waals surface area contributed by atoms with E-state index in [1.54, 1.807) is 0 Å². The van der Waals surface area contributed by atoms with Crippen LogP contribution in [-0.4, -0.2) is 74.0 Å². The lowest BCUT2D eigenvalue weighted by molar-refractivity contribution is 0.0301. The third kappa shape index (κ3) is 12.3. The molecule has 1 aliphatic rings. The molecule has 0 saturated carbocycles. The van der Waals surface area contributed by atoms with E-state index in [0.717, 1.165) is 38.1 Å². The molecule has 1 aliphatic heterocycles. The second-order valence-corrected chi connectivity index (χ2v) is 7.47. The molecule has 0 aliphatic carbocycles. The van der Waals surface area contributed by atoms with Crippen molar-refractivity contribution in [2.24, 2.45) is 10.9 Å². The van der Waals surface area contributed by atoms with Crippen LogP contribution in [0.4, 0.5) is 0 Å². The highest BCUT2D eigenvalue weighted by atomic mass is 127. The summed E-state index contributed by atoms with van der Waals surface area (Å²) >= 11 is 0. The van der Waals surface area contributed by atoms with Crippen LogP contribution < -0.4 is 10.6 Å². The highest BCUT2D eigenvalue weighted by Crippen LogP contribution is 2.15. The van der Waals surface area contributed by atoms with Gasteiger partial charge in [-0.15, -0.1) is 24.0 Å². The number of piperidine rings is 1. The summed E-state index contributed by atoms with van der Waals surface area (Å²) in [4.78, 5) is 7.05. The van der Waals surface area contributed by atoms with Crippen molar-refractivity contribution in [2.45, 2.75) is 65.5 Å². The highest BCUT2D eigenvalue weighted by molar-refractivity contribution is 14.0. The maximum atomic E-state index is 9.96.